The highest BCUT2D eigenvalue weighted by molar-refractivity contribution is 5.90. The Labute approximate surface area is 376 Å². The van der Waals surface area contributed by atoms with E-state index in [1.807, 2.05) is 48.5 Å². The number of benzene rings is 4. The first-order chi connectivity index (χ1) is 30.7. The van der Waals surface area contributed by atoms with E-state index in [1.165, 1.54) is 38.8 Å². The molecule has 0 saturated heterocycles. The molecule has 0 aliphatic carbocycles. The smallest absolute Gasteiger partial charge is 0.338 e. The van der Waals surface area contributed by atoms with Gasteiger partial charge in [-0.25, -0.2) is 9.59 Å². The largest absolute Gasteiger partial charge is 0.494 e. The van der Waals surface area contributed by atoms with Gasteiger partial charge >= 0.3 is 11.9 Å². The zero-order valence-electron chi connectivity index (χ0n) is 38.5. The summed E-state index contributed by atoms with van der Waals surface area (Å²) in [6, 6.07) is 29.3. The van der Waals surface area contributed by atoms with E-state index in [-0.39, 0.29) is 11.9 Å². The number of carbonyl (C=O) groups is 2. The lowest BCUT2D eigenvalue weighted by atomic mass is 10.1. The Kier molecular flexibility index (Phi) is 23.8. The molecule has 4 aromatic rings. The fraction of sp³-hybridized carbons (Fsp3) is 0.500. The van der Waals surface area contributed by atoms with Crippen molar-refractivity contribution in [2.75, 3.05) is 53.6 Å². The second-order valence-electron chi connectivity index (χ2n) is 16.8. The zero-order valence-corrected chi connectivity index (χ0v) is 38.5. The molecule has 0 aliphatic rings. The summed E-state index contributed by atoms with van der Waals surface area (Å²) in [7, 11) is 4.68. The van der Waals surface area contributed by atoms with E-state index in [9.17, 15) is 9.59 Å². The lowest BCUT2D eigenvalue weighted by molar-refractivity contribution is -0.890. The maximum atomic E-state index is 12.2. The van der Waals surface area contributed by atoms with Gasteiger partial charge in [0, 0.05) is 0 Å². The summed E-state index contributed by atoms with van der Waals surface area (Å²) in [5.74, 6) is 1.06. The molecule has 4 rings (SSSR count). The highest BCUT2D eigenvalue weighted by Crippen LogP contribution is 2.24. The fourth-order valence-corrected chi connectivity index (χ4v) is 6.81. The molecule has 63 heavy (non-hydrogen) atoms. The van der Waals surface area contributed by atoms with Crippen LogP contribution in [0, 0.1) is 0 Å². The summed E-state index contributed by atoms with van der Waals surface area (Å²) in [6.07, 6.45) is 17.8. The minimum atomic E-state index is -0.302. The second-order valence-corrected chi connectivity index (χ2v) is 16.8. The molecule has 340 valence electrons. The van der Waals surface area contributed by atoms with Crippen LogP contribution in [0.15, 0.2) is 118 Å². The van der Waals surface area contributed by atoms with Crippen LogP contribution in [0.3, 0.4) is 0 Å². The summed E-state index contributed by atoms with van der Waals surface area (Å²) in [6.45, 7) is 9.00. The van der Waals surface area contributed by atoms with Crippen molar-refractivity contribution >= 4 is 34.7 Å². The standard InChI is InChI=1S/C52H72N5O6/c1-5-7-9-17-41-62-51(58)43-21-25-45(26-22-43)53-55-47-29-33-49(34-30-47)60-39-19-13-11-15-37-57(3,4)38-16-12-14-20-40-61-50-35-31-48(32-36-50)56-54-46-27-23-44(24-28-46)52(59)63-42-18-10-8-6-2/h21-36H,5-20,37-42H2,1-4H3/q+1. The predicted molar refractivity (Wildman–Crippen MR) is 253 cm³/mol. The van der Waals surface area contributed by atoms with Crippen LogP contribution in [0.5, 0.6) is 11.5 Å². The molecule has 11 nitrogen and oxygen atoms in total. The van der Waals surface area contributed by atoms with Crippen LogP contribution in [0.25, 0.3) is 0 Å². The van der Waals surface area contributed by atoms with Gasteiger partial charge in [-0.15, -0.1) is 0 Å². The van der Waals surface area contributed by atoms with Crippen molar-refractivity contribution in [3.05, 3.63) is 108 Å². The molecule has 0 saturated carbocycles. The van der Waals surface area contributed by atoms with E-state index in [4.69, 9.17) is 18.9 Å². The van der Waals surface area contributed by atoms with E-state index in [2.05, 4.69) is 48.4 Å². The highest BCUT2D eigenvalue weighted by Gasteiger charge is 2.14. The van der Waals surface area contributed by atoms with Crippen LogP contribution in [-0.4, -0.2) is 70.0 Å². The number of nitrogens with zero attached hydrogens (tertiary/aromatic N) is 5. The molecule has 0 bridgehead atoms. The molecule has 0 heterocycles. The number of ether oxygens (including phenoxy) is 4. The number of carbonyl (C=O) groups excluding carboxylic acids is 2. The summed E-state index contributed by atoms with van der Waals surface area (Å²) in [4.78, 5) is 24.5. The molecule has 0 aromatic heterocycles. The Balaban J connectivity index is 0.978. The number of azo groups is 2. The molecular formula is C52H72N5O6+. The van der Waals surface area contributed by atoms with Crippen LogP contribution in [0.4, 0.5) is 22.7 Å². The Bertz CT molecular complexity index is 1770. The van der Waals surface area contributed by atoms with Crippen molar-refractivity contribution in [3.63, 3.8) is 0 Å². The minimum absolute atomic E-state index is 0.302. The number of rotatable bonds is 32. The van der Waals surface area contributed by atoms with Crippen molar-refractivity contribution < 1.29 is 33.0 Å². The van der Waals surface area contributed by atoms with E-state index in [0.29, 0.717) is 48.9 Å². The number of quaternary nitrogens is 1. The van der Waals surface area contributed by atoms with Crippen LogP contribution in [0.2, 0.25) is 0 Å². The Hall–Kier alpha value is -5.42. The number of unbranched alkanes of at least 4 members (excludes halogenated alkanes) is 12. The predicted octanol–water partition coefficient (Wildman–Crippen LogP) is 14.6. The quantitative estimate of drug-likeness (QED) is 0.0209. The van der Waals surface area contributed by atoms with Gasteiger partial charge in [0.05, 0.1) is 87.5 Å². The lowest BCUT2D eigenvalue weighted by Gasteiger charge is -2.30. The van der Waals surface area contributed by atoms with Gasteiger partial charge in [-0.3, -0.25) is 0 Å². The fourth-order valence-electron chi connectivity index (χ4n) is 6.81. The van der Waals surface area contributed by atoms with Crippen LogP contribution < -0.4 is 9.47 Å². The first-order valence-electron chi connectivity index (χ1n) is 23.4. The lowest BCUT2D eigenvalue weighted by Crippen LogP contribution is -2.41. The molecule has 0 aliphatic heterocycles. The van der Waals surface area contributed by atoms with E-state index in [0.717, 1.165) is 104 Å². The molecule has 0 unspecified atom stereocenters. The summed E-state index contributed by atoms with van der Waals surface area (Å²) in [5, 5.41) is 17.3. The molecule has 4 aromatic carbocycles. The minimum Gasteiger partial charge on any atom is -0.494 e. The zero-order chi connectivity index (χ0) is 44.8. The summed E-state index contributed by atoms with van der Waals surface area (Å²) < 4.78 is 23.7. The van der Waals surface area contributed by atoms with Crippen LogP contribution >= 0.6 is 0 Å². The highest BCUT2D eigenvalue weighted by atomic mass is 16.5. The summed E-state index contributed by atoms with van der Waals surface area (Å²) >= 11 is 0. The van der Waals surface area contributed by atoms with Crippen molar-refractivity contribution in [2.45, 2.75) is 117 Å². The molecule has 11 heteroatoms. The number of hydrogen-bond donors (Lipinski definition) is 0. The van der Waals surface area contributed by atoms with Gasteiger partial charge in [-0.1, -0.05) is 52.4 Å². The van der Waals surface area contributed by atoms with E-state index >= 15 is 0 Å². The van der Waals surface area contributed by atoms with Gasteiger partial charge in [0.1, 0.15) is 11.5 Å². The first kappa shape index (κ1) is 50.2. The topological polar surface area (TPSA) is 121 Å². The molecule has 0 amide bonds. The molecule has 0 spiro atoms. The van der Waals surface area contributed by atoms with Crippen molar-refractivity contribution in [3.8, 4) is 11.5 Å². The van der Waals surface area contributed by atoms with Gasteiger partial charge in [0.25, 0.3) is 0 Å². The van der Waals surface area contributed by atoms with Gasteiger partial charge < -0.3 is 23.4 Å². The second kappa shape index (κ2) is 29.8. The normalized spacial score (nSPS) is 11.6. The Morgan fingerprint density at radius 2 is 0.698 bits per heavy atom. The van der Waals surface area contributed by atoms with Crippen LogP contribution in [-0.2, 0) is 9.47 Å². The summed E-state index contributed by atoms with van der Waals surface area (Å²) in [5.41, 5.74) is 3.86. The van der Waals surface area contributed by atoms with Crippen LogP contribution in [0.1, 0.15) is 137 Å². The monoisotopic (exact) mass is 863 g/mol. The number of esters is 2. The average molecular weight is 863 g/mol. The third-order valence-corrected chi connectivity index (χ3v) is 10.8. The van der Waals surface area contributed by atoms with E-state index < -0.39 is 0 Å². The average Bonchev–Trinajstić information content (AvgIpc) is 3.30. The third-order valence-electron chi connectivity index (χ3n) is 10.8. The molecule has 0 fully saturated rings. The molecule has 0 atom stereocenters. The molecule has 0 radical (unpaired) electrons. The first-order valence-corrected chi connectivity index (χ1v) is 23.4. The Morgan fingerprint density at radius 1 is 0.397 bits per heavy atom. The maximum absolute atomic E-state index is 12.2. The van der Waals surface area contributed by atoms with Crippen molar-refractivity contribution in [1.82, 2.24) is 0 Å². The third kappa shape index (κ3) is 21.5. The van der Waals surface area contributed by atoms with Crippen molar-refractivity contribution in [1.29, 1.82) is 0 Å². The van der Waals surface area contributed by atoms with Gasteiger partial charge in [0.15, 0.2) is 0 Å². The van der Waals surface area contributed by atoms with E-state index in [1.54, 1.807) is 48.5 Å². The van der Waals surface area contributed by atoms with Gasteiger partial charge in [-0.05, 0) is 161 Å². The van der Waals surface area contributed by atoms with Gasteiger partial charge in [0.2, 0.25) is 0 Å². The molecule has 0 N–H and O–H groups in total. The SMILES string of the molecule is CCCCCCOC(=O)c1ccc(N=Nc2ccc(OCCCCCC[N+](C)(C)CCCCCCOc3ccc(N=Nc4ccc(C(=O)OCCCCCC)cc4)cc3)cc2)cc1. The number of hydrogen-bond acceptors (Lipinski definition) is 10. The maximum Gasteiger partial charge on any atom is 0.338 e. The Morgan fingerprint density at radius 3 is 1.05 bits per heavy atom. The van der Waals surface area contributed by atoms with Crippen molar-refractivity contribution in [2.24, 2.45) is 20.5 Å². The molecular weight excluding hydrogens is 791 g/mol. The van der Waals surface area contributed by atoms with Gasteiger partial charge in [-0.2, -0.15) is 20.5 Å².